The van der Waals surface area contributed by atoms with E-state index >= 15 is 0 Å². The molecular weight excluding hydrogens is 234 g/mol. The number of rotatable bonds is 2. The zero-order valence-electron chi connectivity index (χ0n) is 10.8. The number of benzene rings is 1. The molecule has 17 heavy (non-hydrogen) atoms. The predicted octanol–water partition coefficient (Wildman–Crippen LogP) is 3.20. The summed E-state index contributed by atoms with van der Waals surface area (Å²) in [6.45, 7) is 9.53. The van der Waals surface area contributed by atoms with E-state index in [1.165, 1.54) is 11.1 Å². The van der Waals surface area contributed by atoms with Gasteiger partial charge in [0.05, 0.1) is 12.7 Å². The number of aryl methyl sites for hydroxylation is 1. The fourth-order valence-corrected chi connectivity index (χ4v) is 2.12. The first-order valence-corrected chi connectivity index (χ1v) is 6.09. The maximum absolute atomic E-state index is 5.84. The summed E-state index contributed by atoms with van der Waals surface area (Å²) in [5, 5.41) is 0. The van der Waals surface area contributed by atoms with Gasteiger partial charge in [-0.15, -0.1) is 12.4 Å². The molecule has 0 spiro atoms. The first-order valence-electron chi connectivity index (χ1n) is 6.09. The number of ether oxygens (including phenoxy) is 1. The monoisotopic (exact) mass is 255 g/mol. The summed E-state index contributed by atoms with van der Waals surface area (Å²) in [6.07, 6.45) is 0.247. The van der Waals surface area contributed by atoms with Gasteiger partial charge in [-0.25, -0.2) is 0 Å². The third kappa shape index (κ3) is 3.70. The highest BCUT2D eigenvalue weighted by molar-refractivity contribution is 5.85. The van der Waals surface area contributed by atoms with Crippen LogP contribution in [0, 0.1) is 6.92 Å². The van der Waals surface area contributed by atoms with Crippen LogP contribution in [0.4, 0.5) is 0 Å². The zero-order chi connectivity index (χ0) is 11.5. The molecule has 1 fully saturated rings. The number of morpholine rings is 1. The fourth-order valence-electron chi connectivity index (χ4n) is 2.12. The van der Waals surface area contributed by atoms with Crippen molar-refractivity contribution in [3.8, 4) is 0 Å². The van der Waals surface area contributed by atoms with Crippen LogP contribution in [0.1, 0.15) is 31.1 Å². The molecule has 2 rings (SSSR count). The molecule has 2 nitrogen and oxygen atoms in total. The highest BCUT2D eigenvalue weighted by Gasteiger charge is 2.23. The van der Waals surface area contributed by atoms with Crippen molar-refractivity contribution >= 4 is 12.4 Å². The second-order valence-corrected chi connectivity index (χ2v) is 4.86. The molecule has 1 aliphatic rings. The van der Waals surface area contributed by atoms with Gasteiger partial charge in [0, 0.05) is 19.1 Å². The lowest BCUT2D eigenvalue weighted by Crippen LogP contribution is -2.42. The molecule has 3 heteroatoms. The number of nitrogens with zero attached hydrogens (tertiary/aromatic N) is 1. The summed E-state index contributed by atoms with van der Waals surface area (Å²) in [5.41, 5.74) is 2.61. The van der Waals surface area contributed by atoms with Crippen LogP contribution < -0.4 is 0 Å². The van der Waals surface area contributed by atoms with Gasteiger partial charge in [-0.05, 0) is 26.3 Å². The van der Waals surface area contributed by atoms with Crippen LogP contribution in [0.15, 0.2) is 24.3 Å². The molecule has 0 N–H and O–H groups in total. The van der Waals surface area contributed by atoms with Gasteiger partial charge in [0.2, 0.25) is 0 Å². The van der Waals surface area contributed by atoms with Crippen molar-refractivity contribution in [2.45, 2.75) is 32.9 Å². The summed E-state index contributed by atoms with van der Waals surface area (Å²) in [6, 6.07) is 9.30. The van der Waals surface area contributed by atoms with Gasteiger partial charge in [0.1, 0.15) is 0 Å². The van der Waals surface area contributed by atoms with E-state index in [0.29, 0.717) is 6.04 Å². The molecule has 1 unspecified atom stereocenters. The second kappa shape index (κ2) is 6.39. The Labute approximate surface area is 110 Å². The van der Waals surface area contributed by atoms with E-state index in [4.69, 9.17) is 4.74 Å². The highest BCUT2D eigenvalue weighted by Crippen LogP contribution is 2.23. The van der Waals surface area contributed by atoms with Crippen molar-refractivity contribution in [3.05, 3.63) is 35.4 Å². The Hall–Kier alpha value is -0.570. The van der Waals surface area contributed by atoms with Crippen LogP contribution in [-0.4, -0.2) is 30.6 Å². The second-order valence-electron chi connectivity index (χ2n) is 4.86. The molecule has 96 valence electrons. The van der Waals surface area contributed by atoms with Crippen molar-refractivity contribution in [2.75, 3.05) is 19.7 Å². The molecule has 1 atom stereocenters. The van der Waals surface area contributed by atoms with E-state index in [-0.39, 0.29) is 18.5 Å². The summed E-state index contributed by atoms with van der Waals surface area (Å²) >= 11 is 0. The van der Waals surface area contributed by atoms with Crippen molar-refractivity contribution in [1.82, 2.24) is 4.90 Å². The maximum Gasteiger partial charge on any atom is 0.0952 e. The zero-order valence-corrected chi connectivity index (χ0v) is 11.7. The third-order valence-electron chi connectivity index (χ3n) is 3.28. The molecule has 0 radical (unpaired) electrons. The Balaban J connectivity index is 0.00000144. The van der Waals surface area contributed by atoms with Gasteiger partial charge in [0.15, 0.2) is 0 Å². The van der Waals surface area contributed by atoms with Gasteiger partial charge in [-0.1, -0.05) is 29.8 Å². The molecule has 0 amide bonds. The third-order valence-corrected chi connectivity index (χ3v) is 3.28. The fraction of sp³-hybridized carbons (Fsp3) is 0.571. The standard InChI is InChI=1S/C14H21NO.ClH/c1-11(2)15-8-9-16-14(10-15)13-6-4-12(3)5-7-13;/h4-7,11,14H,8-10H2,1-3H3;1H. The lowest BCUT2D eigenvalue weighted by Gasteiger charge is -2.35. The number of hydrogen-bond donors (Lipinski definition) is 0. The highest BCUT2D eigenvalue weighted by atomic mass is 35.5. The average Bonchev–Trinajstić information content (AvgIpc) is 2.30. The van der Waals surface area contributed by atoms with Crippen molar-refractivity contribution in [1.29, 1.82) is 0 Å². The quantitative estimate of drug-likeness (QED) is 0.805. The van der Waals surface area contributed by atoms with Crippen LogP contribution in [-0.2, 0) is 4.74 Å². The van der Waals surface area contributed by atoms with Crippen molar-refractivity contribution in [2.24, 2.45) is 0 Å². The first-order chi connectivity index (χ1) is 7.66. The van der Waals surface area contributed by atoms with Crippen LogP contribution in [0.25, 0.3) is 0 Å². The Kier molecular flexibility index (Phi) is 5.44. The molecule has 1 heterocycles. The van der Waals surface area contributed by atoms with Gasteiger partial charge >= 0.3 is 0 Å². The summed E-state index contributed by atoms with van der Waals surface area (Å²) in [5.74, 6) is 0. The minimum atomic E-state index is 0. The lowest BCUT2D eigenvalue weighted by molar-refractivity contribution is -0.0402. The SMILES string of the molecule is Cc1ccc(C2CN(C(C)C)CCO2)cc1.Cl. The topological polar surface area (TPSA) is 12.5 Å². The summed E-state index contributed by atoms with van der Waals surface area (Å²) < 4.78 is 5.84. The van der Waals surface area contributed by atoms with Crippen LogP contribution in [0.3, 0.4) is 0 Å². The molecule has 1 aromatic rings. The normalized spacial score (nSPS) is 21.3. The Morgan fingerprint density at radius 1 is 1.24 bits per heavy atom. The smallest absolute Gasteiger partial charge is 0.0952 e. The Morgan fingerprint density at radius 3 is 2.47 bits per heavy atom. The van der Waals surface area contributed by atoms with E-state index < -0.39 is 0 Å². The van der Waals surface area contributed by atoms with E-state index in [9.17, 15) is 0 Å². The predicted molar refractivity (Wildman–Crippen MR) is 73.8 cm³/mol. The largest absolute Gasteiger partial charge is 0.371 e. The number of halogens is 1. The Bertz CT molecular complexity index is 337. The average molecular weight is 256 g/mol. The molecule has 1 aromatic carbocycles. The molecule has 0 aromatic heterocycles. The number of hydrogen-bond acceptors (Lipinski definition) is 2. The van der Waals surface area contributed by atoms with Crippen LogP contribution >= 0.6 is 12.4 Å². The van der Waals surface area contributed by atoms with Crippen molar-refractivity contribution in [3.63, 3.8) is 0 Å². The Morgan fingerprint density at radius 2 is 1.88 bits per heavy atom. The molecular formula is C14H22ClNO. The summed E-state index contributed by atoms with van der Waals surface area (Å²) in [4.78, 5) is 2.48. The van der Waals surface area contributed by atoms with E-state index in [1.807, 2.05) is 0 Å². The van der Waals surface area contributed by atoms with Gasteiger partial charge in [-0.3, -0.25) is 4.90 Å². The van der Waals surface area contributed by atoms with Crippen LogP contribution in [0.5, 0.6) is 0 Å². The molecule has 0 bridgehead atoms. The van der Waals surface area contributed by atoms with Crippen molar-refractivity contribution < 1.29 is 4.74 Å². The minimum Gasteiger partial charge on any atom is -0.371 e. The maximum atomic E-state index is 5.84. The summed E-state index contributed by atoms with van der Waals surface area (Å²) in [7, 11) is 0. The van der Waals surface area contributed by atoms with Crippen LogP contribution in [0.2, 0.25) is 0 Å². The first kappa shape index (κ1) is 14.5. The van der Waals surface area contributed by atoms with Gasteiger partial charge in [-0.2, -0.15) is 0 Å². The van der Waals surface area contributed by atoms with E-state index in [2.05, 4.69) is 49.9 Å². The molecule has 0 saturated carbocycles. The van der Waals surface area contributed by atoms with E-state index in [0.717, 1.165) is 19.7 Å². The molecule has 1 saturated heterocycles. The molecule has 1 aliphatic heterocycles. The van der Waals surface area contributed by atoms with Gasteiger partial charge in [0.25, 0.3) is 0 Å². The minimum absolute atomic E-state index is 0. The lowest BCUT2D eigenvalue weighted by atomic mass is 10.1. The molecule has 0 aliphatic carbocycles. The van der Waals surface area contributed by atoms with Gasteiger partial charge < -0.3 is 4.74 Å². The van der Waals surface area contributed by atoms with E-state index in [1.54, 1.807) is 0 Å².